The van der Waals surface area contributed by atoms with Gasteiger partial charge in [-0.3, -0.25) is 19.2 Å². The molecule has 0 unspecified atom stereocenters. The van der Waals surface area contributed by atoms with Crippen LogP contribution in [0.25, 0.3) is 0 Å². The molecule has 0 saturated carbocycles. The fraction of sp³-hybridized carbons (Fsp3) is 0.600. The van der Waals surface area contributed by atoms with E-state index in [2.05, 4.69) is 9.47 Å². The fourth-order valence-electron chi connectivity index (χ4n) is 0.856. The first-order chi connectivity index (χ1) is 8.41. The predicted molar refractivity (Wildman–Crippen MR) is 62.1 cm³/mol. The summed E-state index contributed by atoms with van der Waals surface area (Å²) in [5.41, 5.74) is 0. The highest BCUT2D eigenvalue weighted by Gasteiger charge is 2.08. The van der Waals surface area contributed by atoms with Gasteiger partial charge in [-0.15, -0.1) is 0 Å². The molecule has 0 aliphatic heterocycles. The highest BCUT2D eigenvalue weighted by molar-refractivity contribution is 6.63. The molecule has 0 aromatic carbocycles. The van der Waals surface area contributed by atoms with Gasteiger partial charge in [0.25, 0.3) is 0 Å². The third-order valence-corrected chi connectivity index (χ3v) is 2.04. The summed E-state index contributed by atoms with van der Waals surface area (Å²) < 4.78 is 9.30. The quantitative estimate of drug-likeness (QED) is 0.361. The summed E-state index contributed by atoms with van der Waals surface area (Å²) in [7, 11) is 0. The summed E-state index contributed by atoms with van der Waals surface area (Å²) in [6.45, 7) is -0.230. The molecule has 0 spiro atoms. The summed E-state index contributed by atoms with van der Waals surface area (Å²) >= 11 is 10.1. The Kier molecular flexibility index (Phi) is 9.22. The standard InChI is InChI=1S/C10H12Cl2O6/c11-7(13)1-3-9(15)17-5-6-18-10(16)4-2-8(12)14/h1-6H2. The van der Waals surface area contributed by atoms with Crippen LogP contribution in [-0.4, -0.2) is 35.6 Å². The molecule has 0 bridgehead atoms. The molecule has 0 atom stereocenters. The van der Waals surface area contributed by atoms with E-state index in [4.69, 9.17) is 23.2 Å². The van der Waals surface area contributed by atoms with Crippen LogP contribution in [-0.2, 0) is 28.7 Å². The van der Waals surface area contributed by atoms with E-state index >= 15 is 0 Å². The maximum absolute atomic E-state index is 11.0. The van der Waals surface area contributed by atoms with Crippen molar-refractivity contribution in [3.63, 3.8) is 0 Å². The van der Waals surface area contributed by atoms with Gasteiger partial charge in [0.1, 0.15) is 13.2 Å². The van der Waals surface area contributed by atoms with E-state index in [1.807, 2.05) is 0 Å². The molecule has 8 heteroatoms. The van der Waals surface area contributed by atoms with E-state index in [-0.39, 0.29) is 38.9 Å². The highest BCUT2D eigenvalue weighted by atomic mass is 35.5. The zero-order chi connectivity index (χ0) is 14.0. The minimum absolute atomic E-state index is 0.0992. The van der Waals surface area contributed by atoms with Gasteiger partial charge in [-0.1, -0.05) is 0 Å². The largest absolute Gasteiger partial charge is 0.462 e. The van der Waals surface area contributed by atoms with Crippen molar-refractivity contribution in [3.05, 3.63) is 0 Å². The third-order valence-electron chi connectivity index (χ3n) is 1.66. The van der Waals surface area contributed by atoms with Gasteiger partial charge in [0.15, 0.2) is 0 Å². The summed E-state index contributed by atoms with van der Waals surface area (Å²) in [6.07, 6.45) is -0.427. The van der Waals surface area contributed by atoms with Gasteiger partial charge in [-0.2, -0.15) is 0 Å². The maximum atomic E-state index is 11.0. The minimum Gasteiger partial charge on any atom is -0.462 e. The molecule has 0 aliphatic carbocycles. The lowest BCUT2D eigenvalue weighted by molar-refractivity contribution is -0.152. The number of carbonyl (C=O) groups is 4. The normalized spacial score (nSPS) is 9.67. The minimum atomic E-state index is -0.621. The molecule has 0 heterocycles. The van der Waals surface area contributed by atoms with Gasteiger partial charge < -0.3 is 9.47 Å². The molecule has 0 radical (unpaired) electrons. The second kappa shape index (κ2) is 9.85. The number of halogens is 2. The van der Waals surface area contributed by atoms with Crippen molar-refractivity contribution in [2.45, 2.75) is 25.7 Å². The molecule has 0 rings (SSSR count). The monoisotopic (exact) mass is 298 g/mol. The molecule has 0 aromatic heterocycles. The molecule has 0 aliphatic rings. The Morgan fingerprint density at radius 2 is 1.00 bits per heavy atom. The van der Waals surface area contributed by atoms with Crippen LogP contribution in [0.1, 0.15) is 25.7 Å². The van der Waals surface area contributed by atoms with E-state index in [1.54, 1.807) is 0 Å². The molecule has 0 fully saturated rings. The fourth-order valence-corrected chi connectivity index (χ4v) is 1.05. The summed E-state index contributed by atoms with van der Waals surface area (Å²) in [5.74, 6) is -1.20. The Hall–Kier alpha value is -1.14. The van der Waals surface area contributed by atoms with Crippen LogP contribution >= 0.6 is 23.2 Å². The molecule has 0 N–H and O–H groups in total. The van der Waals surface area contributed by atoms with E-state index in [0.29, 0.717) is 0 Å². The zero-order valence-electron chi connectivity index (χ0n) is 9.45. The van der Waals surface area contributed by atoms with Crippen molar-refractivity contribution in [2.24, 2.45) is 0 Å². The number of ether oxygens (including phenoxy) is 2. The van der Waals surface area contributed by atoms with E-state index < -0.39 is 22.4 Å². The van der Waals surface area contributed by atoms with Crippen LogP contribution in [0.15, 0.2) is 0 Å². The van der Waals surface area contributed by atoms with Crippen molar-refractivity contribution in [1.29, 1.82) is 0 Å². The van der Waals surface area contributed by atoms with E-state index in [1.165, 1.54) is 0 Å². The number of rotatable bonds is 9. The van der Waals surface area contributed by atoms with Crippen molar-refractivity contribution in [3.8, 4) is 0 Å². The molecule has 0 aromatic rings. The topological polar surface area (TPSA) is 86.7 Å². The first-order valence-corrected chi connectivity index (χ1v) is 5.85. The summed E-state index contributed by atoms with van der Waals surface area (Å²) in [5, 5.41) is -1.24. The van der Waals surface area contributed by atoms with Crippen LogP contribution in [0.3, 0.4) is 0 Å². The van der Waals surface area contributed by atoms with Crippen LogP contribution in [0.5, 0.6) is 0 Å². The maximum Gasteiger partial charge on any atom is 0.306 e. The van der Waals surface area contributed by atoms with Crippen LogP contribution in [0.4, 0.5) is 0 Å². The average Bonchev–Trinajstić information content (AvgIpc) is 2.29. The molecule has 0 amide bonds. The molecule has 6 nitrogen and oxygen atoms in total. The Morgan fingerprint density at radius 3 is 1.28 bits per heavy atom. The second-order valence-electron chi connectivity index (χ2n) is 3.15. The number of hydrogen-bond donors (Lipinski definition) is 0. The highest BCUT2D eigenvalue weighted by Crippen LogP contribution is 1.99. The number of hydrogen-bond acceptors (Lipinski definition) is 6. The lowest BCUT2D eigenvalue weighted by Crippen LogP contribution is -2.14. The van der Waals surface area contributed by atoms with Crippen LogP contribution in [0, 0.1) is 0 Å². The van der Waals surface area contributed by atoms with Crippen LogP contribution in [0.2, 0.25) is 0 Å². The van der Waals surface area contributed by atoms with E-state index in [0.717, 1.165) is 0 Å². The molecular weight excluding hydrogens is 287 g/mol. The Labute approximate surface area is 114 Å². The van der Waals surface area contributed by atoms with Gasteiger partial charge in [0.2, 0.25) is 10.5 Å². The molecule has 18 heavy (non-hydrogen) atoms. The number of carbonyl (C=O) groups excluding carboxylic acids is 4. The van der Waals surface area contributed by atoms with Crippen molar-refractivity contribution in [1.82, 2.24) is 0 Å². The van der Waals surface area contributed by atoms with Gasteiger partial charge in [0, 0.05) is 12.8 Å². The van der Waals surface area contributed by atoms with Crippen molar-refractivity contribution in [2.75, 3.05) is 13.2 Å². The van der Waals surface area contributed by atoms with Crippen molar-refractivity contribution >= 4 is 45.6 Å². The first-order valence-electron chi connectivity index (χ1n) is 5.09. The van der Waals surface area contributed by atoms with Crippen molar-refractivity contribution < 1.29 is 28.7 Å². The lowest BCUT2D eigenvalue weighted by Gasteiger charge is -2.05. The molecule has 102 valence electrons. The Bertz CT molecular complexity index is 296. The zero-order valence-corrected chi connectivity index (χ0v) is 11.0. The smallest absolute Gasteiger partial charge is 0.306 e. The first kappa shape index (κ1) is 16.9. The average molecular weight is 299 g/mol. The Morgan fingerprint density at radius 1 is 0.667 bits per heavy atom. The van der Waals surface area contributed by atoms with E-state index in [9.17, 15) is 19.2 Å². The summed E-state index contributed by atoms with van der Waals surface area (Å²) in [6, 6.07) is 0. The SMILES string of the molecule is O=C(Cl)CCC(=O)OCCOC(=O)CCC(=O)Cl. The predicted octanol–water partition coefficient (Wildman–Crippen LogP) is 1.16. The lowest BCUT2D eigenvalue weighted by atomic mass is 10.3. The second-order valence-corrected chi connectivity index (χ2v) is 3.99. The van der Waals surface area contributed by atoms with Crippen LogP contribution < -0.4 is 0 Å². The number of esters is 2. The van der Waals surface area contributed by atoms with Gasteiger partial charge >= 0.3 is 11.9 Å². The van der Waals surface area contributed by atoms with Gasteiger partial charge in [-0.25, -0.2) is 0 Å². The third kappa shape index (κ3) is 11.3. The molecular formula is C10H12Cl2O6. The van der Waals surface area contributed by atoms with Gasteiger partial charge in [0.05, 0.1) is 12.8 Å². The summed E-state index contributed by atoms with van der Waals surface area (Å²) in [4.78, 5) is 42.6. The Balaban J connectivity index is 3.49. The molecule has 0 saturated heterocycles. The van der Waals surface area contributed by atoms with Gasteiger partial charge in [-0.05, 0) is 23.2 Å².